The Morgan fingerprint density at radius 3 is 2.30 bits per heavy atom. The van der Waals surface area contributed by atoms with Crippen molar-refractivity contribution in [2.45, 2.75) is 20.4 Å². The number of nitrogens with one attached hydrogen (secondary N) is 3. The van der Waals surface area contributed by atoms with Crippen LogP contribution in [0, 0.1) is 0 Å². The van der Waals surface area contributed by atoms with Crippen LogP contribution in [0.15, 0.2) is 130 Å². The number of aliphatic imine (C=N–C) groups is 2. The Kier molecular flexibility index (Phi) is 12.0. The molecule has 0 saturated heterocycles. The van der Waals surface area contributed by atoms with Gasteiger partial charge in [0.2, 0.25) is 5.78 Å². The Hall–Kier alpha value is -5.35. The number of phenols is 1. The standard InChI is InChI=1S/C35H35N7O4.Zn/c1-22(40-28-16-24(18-30(45-3)34(28)43)20-38-32-12-5-7-14-36-32)26-10-9-11-27(42-26)23(2)41-29-17-25(19-31(46-4)35(29)44)21-39-33-13-6-8-15-37-33;/h5-19,42-43H,20-21H2,1-4H3,(H,36,38)(H,37,39);/b27-23-,40-22?,41-29?;. The molecule has 1 aliphatic carbocycles. The van der Waals surface area contributed by atoms with Crippen LogP contribution in [0.25, 0.3) is 0 Å². The normalized spacial score (nSPS) is 16.3. The Morgan fingerprint density at radius 2 is 1.66 bits per heavy atom. The molecule has 4 N–H and O–H groups in total. The number of aromatic hydroxyl groups is 1. The van der Waals surface area contributed by atoms with Crippen molar-refractivity contribution in [3.05, 3.63) is 125 Å². The molecular weight excluding hydrogens is 648 g/mol. The number of rotatable bonds is 11. The van der Waals surface area contributed by atoms with Crippen molar-refractivity contribution in [2.75, 3.05) is 31.4 Å². The van der Waals surface area contributed by atoms with Gasteiger partial charge < -0.3 is 30.5 Å². The number of hydrogen-bond donors (Lipinski definition) is 4. The number of anilines is 2. The fourth-order valence-corrected chi connectivity index (χ4v) is 4.66. The minimum Gasteiger partial charge on any atom is -0.503 e. The maximum atomic E-state index is 13.1. The van der Waals surface area contributed by atoms with Crippen LogP contribution < -0.4 is 20.7 Å². The fraction of sp³-hybridized carbons (Fsp3) is 0.171. The summed E-state index contributed by atoms with van der Waals surface area (Å²) in [5.74, 6) is 1.60. The van der Waals surface area contributed by atoms with Gasteiger partial charge in [0.25, 0.3) is 0 Å². The molecule has 2 aliphatic rings. The maximum absolute atomic E-state index is 13.1. The molecule has 12 heteroatoms. The first-order valence-electron chi connectivity index (χ1n) is 14.6. The van der Waals surface area contributed by atoms with Gasteiger partial charge in [-0.1, -0.05) is 18.2 Å². The zero-order valence-corrected chi connectivity index (χ0v) is 29.7. The van der Waals surface area contributed by atoms with Crippen LogP contribution in [-0.4, -0.2) is 53.0 Å². The second kappa shape index (κ2) is 16.3. The number of Topliss-reactive ketones (excluding diaryl/α,β-unsaturated/α-hetero) is 1. The van der Waals surface area contributed by atoms with Gasteiger partial charge in [-0.25, -0.2) is 20.0 Å². The average Bonchev–Trinajstić information content (AvgIpc) is 3.09. The van der Waals surface area contributed by atoms with E-state index in [0.29, 0.717) is 47.3 Å². The van der Waals surface area contributed by atoms with E-state index < -0.39 is 0 Å². The van der Waals surface area contributed by atoms with E-state index in [2.05, 4.69) is 30.9 Å². The van der Waals surface area contributed by atoms with E-state index in [4.69, 9.17) is 14.5 Å². The molecule has 47 heavy (non-hydrogen) atoms. The molecule has 2 aromatic heterocycles. The van der Waals surface area contributed by atoms with Gasteiger partial charge in [0.05, 0.1) is 37.0 Å². The first kappa shape index (κ1) is 34.5. The number of ether oxygens (including phenoxy) is 2. The van der Waals surface area contributed by atoms with Crippen molar-refractivity contribution in [2.24, 2.45) is 9.98 Å². The van der Waals surface area contributed by atoms with Gasteiger partial charge in [0.15, 0.2) is 17.3 Å². The van der Waals surface area contributed by atoms with E-state index in [1.54, 1.807) is 36.7 Å². The molecule has 0 bridgehead atoms. The molecule has 0 radical (unpaired) electrons. The summed E-state index contributed by atoms with van der Waals surface area (Å²) in [5.41, 5.74) is 4.90. The molecule has 0 unspecified atom stereocenters. The third kappa shape index (κ3) is 8.89. The first-order valence-corrected chi connectivity index (χ1v) is 14.6. The Labute approximate surface area is 286 Å². The minimum atomic E-state index is -0.306. The zero-order chi connectivity index (χ0) is 32.5. The molecule has 11 nitrogen and oxygen atoms in total. The maximum Gasteiger partial charge on any atom is 0.245 e. The first-order chi connectivity index (χ1) is 22.3. The molecular formula is C35H35N7O4Zn. The Balaban J connectivity index is 0.00000500. The molecule has 3 aromatic rings. The second-order valence-electron chi connectivity index (χ2n) is 10.3. The van der Waals surface area contributed by atoms with Gasteiger partial charge in [0, 0.05) is 45.0 Å². The monoisotopic (exact) mass is 681 g/mol. The minimum absolute atomic E-state index is 0. The number of benzene rings is 1. The van der Waals surface area contributed by atoms with E-state index >= 15 is 0 Å². The Bertz CT molecular complexity index is 1830. The number of allylic oxidation sites excluding steroid dienone is 7. The molecule has 0 saturated carbocycles. The number of ketones is 1. The van der Waals surface area contributed by atoms with Crippen LogP contribution in [0.5, 0.6) is 11.5 Å². The van der Waals surface area contributed by atoms with Gasteiger partial charge in [-0.15, -0.1) is 0 Å². The number of hydrogen-bond acceptors (Lipinski definition) is 11. The van der Waals surface area contributed by atoms with Crippen LogP contribution in [0.2, 0.25) is 0 Å². The number of phenolic OH excluding ortho intramolecular Hbond substituents is 1. The van der Waals surface area contributed by atoms with Crippen molar-refractivity contribution in [1.82, 2.24) is 15.3 Å². The zero-order valence-electron chi connectivity index (χ0n) is 26.7. The van der Waals surface area contributed by atoms with Crippen LogP contribution in [-0.2, 0) is 35.6 Å². The number of dihydropyridines is 1. The van der Waals surface area contributed by atoms with Gasteiger partial charge in [-0.05, 0) is 85.7 Å². The molecule has 1 aromatic carbocycles. The summed E-state index contributed by atoms with van der Waals surface area (Å²) in [4.78, 5) is 31.0. The summed E-state index contributed by atoms with van der Waals surface area (Å²) in [6, 6.07) is 14.8. The molecule has 5 rings (SSSR count). The van der Waals surface area contributed by atoms with Crippen LogP contribution in [0.3, 0.4) is 0 Å². The molecule has 0 spiro atoms. The molecule has 1 aliphatic heterocycles. The van der Waals surface area contributed by atoms with Crippen LogP contribution in [0.1, 0.15) is 19.4 Å². The molecule has 3 heterocycles. The number of methoxy groups -OCH3 is 2. The average molecular weight is 683 g/mol. The summed E-state index contributed by atoms with van der Waals surface area (Å²) in [6.07, 6.45) is 12.5. The quantitative estimate of drug-likeness (QED) is 0.113. The van der Waals surface area contributed by atoms with Crippen LogP contribution >= 0.6 is 0 Å². The van der Waals surface area contributed by atoms with E-state index in [-0.39, 0.29) is 42.5 Å². The molecule has 0 atom stereocenters. The van der Waals surface area contributed by atoms with E-state index in [1.165, 1.54) is 14.2 Å². The summed E-state index contributed by atoms with van der Waals surface area (Å²) < 4.78 is 10.8. The Morgan fingerprint density at radius 1 is 0.957 bits per heavy atom. The summed E-state index contributed by atoms with van der Waals surface area (Å²) in [6.45, 7) is 4.55. The summed E-state index contributed by atoms with van der Waals surface area (Å²) in [7, 11) is 2.97. The number of carbonyl (C=O) groups is 1. The van der Waals surface area contributed by atoms with Gasteiger partial charge in [-0.3, -0.25) is 4.79 Å². The molecule has 0 fully saturated rings. The third-order valence-electron chi connectivity index (χ3n) is 7.08. The number of pyridine rings is 2. The van der Waals surface area contributed by atoms with E-state index in [9.17, 15) is 9.90 Å². The van der Waals surface area contributed by atoms with Crippen molar-refractivity contribution in [3.8, 4) is 11.5 Å². The number of carbonyl (C=O) groups excluding carboxylic acids is 1. The predicted molar refractivity (Wildman–Crippen MR) is 180 cm³/mol. The van der Waals surface area contributed by atoms with Crippen LogP contribution in [0.4, 0.5) is 17.3 Å². The van der Waals surface area contributed by atoms with Crippen molar-refractivity contribution in [1.29, 1.82) is 0 Å². The summed E-state index contributed by atoms with van der Waals surface area (Å²) in [5, 5.41) is 20.7. The van der Waals surface area contributed by atoms with Crippen molar-refractivity contribution < 1.29 is 38.9 Å². The van der Waals surface area contributed by atoms with Gasteiger partial charge >= 0.3 is 0 Å². The number of aromatic nitrogens is 2. The third-order valence-corrected chi connectivity index (χ3v) is 7.08. The SMILES string of the molecule is COC1=CC(CNc2ccccn2)=CC(=N/C(C)=C2/C=CC=C(C(C)=Nc3cc(CNc4ccccn4)cc(OC)c3O)N2)C1=O.[Zn]. The van der Waals surface area contributed by atoms with E-state index in [0.717, 1.165) is 22.8 Å². The van der Waals surface area contributed by atoms with Crippen molar-refractivity contribution >= 4 is 34.5 Å². The fourth-order valence-electron chi connectivity index (χ4n) is 4.66. The predicted octanol–water partition coefficient (Wildman–Crippen LogP) is 5.76. The molecule has 236 valence electrons. The van der Waals surface area contributed by atoms with E-state index in [1.807, 2.05) is 68.5 Å². The summed E-state index contributed by atoms with van der Waals surface area (Å²) >= 11 is 0. The number of nitrogens with zero attached hydrogens (tertiary/aromatic N) is 4. The van der Waals surface area contributed by atoms with Gasteiger partial charge in [0.1, 0.15) is 23.0 Å². The second-order valence-corrected chi connectivity index (χ2v) is 10.3. The topological polar surface area (TPSA) is 142 Å². The smallest absolute Gasteiger partial charge is 0.245 e. The molecule has 0 amide bonds. The van der Waals surface area contributed by atoms with Gasteiger partial charge in [-0.2, -0.15) is 0 Å². The van der Waals surface area contributed by atoms with Crippen molar-refractivity contribution in [3.63, 3.8) is 0 Å². The largest absolute Gasteiger partial charge is 0.503 e.